The van der Waals surface area contributed by atoms with Crippen LogP contribution in [0.3, 0.4) is 0 Å². The van der Waals surface area contributed by atoms with Crippen molar-refractivity contribution in [3.63, 3.8) is 0 Å². The summed E-state index contributed by atoms with van der Waals surface area (Å²) in [6.07, 6.45) is -4.47. The van der Waals surface area contributed by atoms with Crippen molar-refractivity contribution in [2.24, 2.45) is 11.3 Å². The van der Waals surface area contributed by atoms with Crippen molar-refractivity contribution in [3.8, 4) is 0 Å². The fraction of sp³-hybridized carbons (Fsp3) is 1.00. The Balaban J connectivity index is 2.80. The minimum atomic E-state index is -4.25. The number of phosphoric ester groups is 1. The summed E-state index contributed by atoms with van der Waals surface area (Å²) in [6, 6.07) is 0. The van der Waals surface area contributed by atoms with Gasteiger partial charge in [-0.2, -0.15) is 8.78 Å². The molecule has 0 aliphatic heterocycles. The Morgan fingerprint density at radius 3 is 2.24 bits per heavy atom. The number of aliphatic hydroxyl groups is 1. The zero-order valence-electron chi connectivity index (χ0n) is 10.1. The van der Waals surface area contributed by atoms with Crippen molar-refractivity contribution >= 4 is 7.82 Å². The third kappa shape index (κ3) is 2.69. The van der Waals surface area contributed by atoms with E-state index in [9.17, 15) is 18.5 Å². The lowest BCUT2D eigenvalue weighted by Crippen LogP contribution is -2.33. The molecule has 1 rings (SSSR count). The highest BCUT2D eigenvalue weighted by molar-refractivity contribution is 7.48. The van der Waals surface area contributed by atoms with Crippen LogP contribution in [0.25, 0.3) is 0 Å². The van der Waals surface area contributed by atoms with E-state index in [0.29, 0.717) is 0 Å². The van der Waals surface area contributed by atoms with E-state index in [-0.39, 0.29) is 6.42 Å². The van der Waals surface area contributed by atoms with Gasteiger partial charge in [0, 0.05) is 14.2 Å². The van der Waals surface area contributed by atoms with Crippen LogP contribution in [0.1, 0.15) is 20.3 Å². The summed E-state index contributed by atoms with van der Waals surface area (Å²) < 4.78 is 51.9. The van der Waals surface area contributed by atoms with Gasteiger partial charge in [-0.15, -0.1) is 0 Å². The molecule has 0 amide bonds. The minimum absolute atomic E-state index is 0.0884. The molecule has 1 aliphatic carbocycles. The van der Waals surface area contributed by atoms with Crippen LogP contribution in [0.15, 0.2) is 0 Å². The van der Waals surface area contributed by atoms with Crippen molar-refractivity contribution in [1.29, 1.82) is 0 Å². The molecule has 0 aromatic rings. The Kier molecular flexibility index (Phi) is 4.01. The quantitative estimate of drug-likeness (QED) is 0.753. The van der Waals surface area contributed by atoms with Gasteiger partial charge >= 0.3 is 13.9 Å². The number of phosphoric acid groups is 1. The summed E-state index contributed by atoms with van der Waals surface area (Å²) in [5.41, 5.74) is -1.55. The van der Waals surface area contributed by atoms with Gasteiger partial charge in [-0.25, -0.2) is 9.09 Å². The fourth-order valence-corrected chi connectivity index (χ4v) is 2.62. The van der Waals surface area contributed by atoms with Crippen LogP contribution in [0.4, 0.5) is 8.78 Å². The zero-order chi connectivity index (χ0) is 13.5. The first-order valence-electron chi connectivity index (χ1n) is 5.10. The lowest BCUT2D eigenvalue weighted by molar-refractivity contribution is -0.239. The molecule has 8 heteroatoms. The summed E-state index contributed by atoms with van der Waals surface area (Å²) in [4.78, 5) is 0. The van der Waals surface area contributed by atoms with Gasteiger partial charge < -0.3 is 5.11 Å². The van der Waals surface area contributed by atoms with Gasteiger partial charge in [-0.3, -0.25) is 9.05 Å². The highest BCUT2D eigenvalue weighted by Crippen LogP contribution is 2.67. The number of rotatable bonds is 6. The maximum Gasteiger partial charge on any atom is 0.479 e. The molecule has 1 aliphatic rings. The van der Waals surface area contributed by atoms with Crippen LogP contribution >= 0.6 is 7.82 Å². The molecule has 1 saturated carbocycles. The molecule has 0 aromatic heterocycles. The fourth-order valence-electron chi connectivity index (χ4n) is 1.83. The predicted molar refractivity (Wildman–Crippen MR) is 55.6 cm³/mol. The second-order valence-electron chi connectivity index (χ2n) is 4.39. The topological polar surface area (TPSA) is 65.0 Å². The largest absolute Gasteiger partial charge is 0.479 e. The molecule has 5 nitrogen and oxygen atoms in total. The molecule has 1 fully saturated rings. The molecule has 3 atom stereocenters. The number of halogens is 2. The highest BCUT2D eigenvalue weighted by atomic mass is 31.2. The summed E-state index contributed by atoms with van der Waals surface area (Å²) in [6.45, 7) is 2.69. The molecule has 1 N–H and O–H groups in total. The summed E-state index contributed by atoms with van der Waals surface area (Å²) in [5.74, 6) is -0.598. The SMILES string of the molecule is COP(=O)(OC)OC(F)(F)[C@]1(C)C[C@H]1[C@@H](C)O. The van der Waals surface area contributed by atoms with Crippen molar-refractivity contribution in [1.82, 2.24) is 0 Å². The number of aliphatic hydroxyl groups excluding tert-OH is 1. The number of hydrogen-bond acceptors (Lipinski definition) is 5. The van der Waals surface area contributed by atoms with Gasteiger partial charge in [0.1, 0.15) is 0 Å². The van der Waals surface area contributed by atoms with Gasteiger partial charge in [0.25, 0.3) is 0 Å². The molecular formula is C9H17F2O5P. The Bertz CT molecular complexity index is 327. The van der Waals surface area contributed by atoms with Crippen LogP contribution in [0, 0.1) is 11.3 Å². The molecule has 0 saturated heterocycles. The summed E-state index contributed by atoms with van der Waals surface area (Å²) >= 11 is 0. The van der Waals surface area contributed by atoms with E-state index in [1.807, 2.05) is 0 Å². The van der Waals surface area contributed by atoms with E-state index in [1.165, 1.54) is 13.8 Å². The standard InChI is InChI=1S/C9H17F2O5P/c1-6(12)7-5-8(7,2)9(10,11)16-17(13,14-3)15-4/h6-7,12H,5H2,1-4H3/t6-,7+,8-/m1/s1. The van der Waals surface area contributed by atoms with E-state index >= 15 is 0 Å². The van der Waals surface area contributed by atoms with Gasteiger partial charge in [-0.1, -0.05) is 6.92 Å². The number of hydrogen-bond donors (Lipinski definition) is 1. The van der Waals surface area contributed by atoms with Gasteiger partial charge in [0.05, 0.1) is 11.5 Å². The lowest BCUT2D eigenvalue weighted by Gasteiger charge is -2.27. The van der Waals surface area contributed by atoms with E-state index in [4.69, 9.17) is 0 Å². The molecule has 0 unspecified atom stereocenters. The van der Waals surface area contributed by atoms with Gasteiger partial charge in [0.15, 0.2) is 0 Å². The minimum Gasteiger partial charge on any atom is -0.393 e. The van der Waals surface area contributed by atoms with E-state index in [2.05, 4.69) is 13.6 Å². The van der Waals surface area contributed by atoms with E-state index < -0.39 is 31.4 Å². The van der Waals surface area contributed by atoms with Crippen LogP contribution in [0.5, 0.6) is 0 Å². The molecule has 0 heterocycles. The lowest BCUT2D eigenvalue weighted by atomic mass is 10.0. The third-order valence-corrected chi connectivity index (χ3v) is 4.57. The maximum atomic E-state index is 13.8. The van der Waals surface area contributed by atoms with Crippen LogP contribution in [-0.4, -0.2) is 31.5 Å². The number of alkyl halides is 2. The van der Waals surface area contributed by atoms with Crippen LogP contribution in [0.2, 0.25) is 0 Å². The second kappa shape index (κ2) is 4.55. The second-order valence-corrected chi connectivity index (χ2v) is 6.20. The van der Waals surface area contributed by atoms with Crippen molar-refractivity contribution in [3.05, 3.63) is 0 Å². The molecule has 0 radical (unpaired) electrons. The maximum absolute atomic E-state index is 13.8. The van der Waals surface area contributed by atoms with E-state index in [0.717, 1.165) is 14.2 Å². The average Bonchev–Trinajstić information content (AvgIpc) is 2.92. The average molecular weight is 274 g/mol. The van der Waals surface area contributed by atoms with Gasteiger partial charge in [-0.05, 0) is 19.3 Å². The van der Waals surface area contributed by atoms with Crippen LogP contribution < -0.4 is 0 Å². The molecule has 0 aromatic carbocycles. The Morgan fingerprint density at radius 1 is 1.47 bits per heavy atom. The first kappa shape index (κ1) is 15.0. The zero-order valence-corrected chi connectivity index (χ0v) is 11.0. The normalized spacial score (nSPS) is 31.4. The first-order valence-corrected chi connectivity index (χ1v) is 6.56. The third-order valence-electron chi connectivity index (χ3n) is 3.22. The van der Waals surface area contributed by atoms with Crippen molar-refractivity contribution in [2.75, 3.05) is 14.2 Å². The first-order chi connectivity index (χ1) is 7.62. The van der Waals surface area contributed by atoms with Crippen molar-refractivity contribution in [2.45, 2.75) is 32.5 Å². The smallest absolute Gasteiger partial charge is 0.393 e. The van der Waals surface area contributed by atoms with Gasteiger partial charge in [0.2, 0.25) is 0 Å². The molecule has 102 valence electrons. The summed E-state index contributed by atoms with van der Waals surface area (Å²) in [5, 5.41) is 9.28. The monoisotopic (exact) mass is 274 g/mol. The summed E-state index contributed by atoms with van der Waals surface area (Å²) in [7, 11) is -2.33. The Hall–Kier alpha value is -0.0700. The molecule has 0 spiro atoms. The Labute approximate surface area is 98.7 Å². The molecular weight excluding hydrogens is 257 g/mol. The molecule has 0 bridgehead atoms. The highest BCUT2D eigenvalue weighted by Gasteiger charge is 2.70. The Morgan fingerprint density at radius 2 is 1.94 bits per heavy atom. The van der Waals surface area contributed by atoms with Crippen LogP contribution in [-0.2, 0) is 18.1 Å². The molecule has 17 heavy (non-hydrogen) atoms. The van der Waals surface area contributed by atoms with Crippen molar-refractivity contribution < 1.29 is 32.0 Å². The predicted octanol–water partition coefficient (Wildman–Crippen LogP) is 2.40. The van der Waals surface area contributed by atoms with E-state index in [1.54, 1.807) is 0 Å².